The minimum absolute atomic E-state index is 0.122. The Balaban J connectivity index is 2.66. The number of nitrogens with one attached hydrogen (secondary N) is 2. The van der Waals surface area contributed by atoms with Crippen LogP contribution in [0.15, 0.2) is 0 Å². The number of carbonyl (C=O) groups excluding carboxylic acids is 1. The maximum Gasteiger partial charge on any atom is 0.274 e. The Morgan fingerprint density at radius 3 is 2.71 bits per heavy atom. The summed E-state index contributed by atoms with van der Waals surface area (Å²) in [4.78, 5) is 11.8. The lowest BCUT2D eigenvalue weighted by molar-refractivity contribution is 0.0919. The molecule has 0 spiro atoms. The van der Waals surface area contributed by atoms with E-state index in [1.54, 1.807) is 6.92 Å². The lowest BCUT2D eigenvalue weighted by Crippen LogP contribution is -2.35. The van der Waals surface area contributed by atoms with Gasteiger partial charge < -0.3 is 16.2 Å². The van der Waals surface area contributed by atoms with Crippen molar-refractivity contribution in [3.05, 3.63) is 11.4 Å². The lowest BCUT2D eigenvalue weighted by atomic mass is 10.1. The van der Waals surface area contributed by atoms with Crippen LogP contribution < -0.4 is 11.1 Å². The van der Waals surface area contributed by atoms with Crippen molar-refractivity contribution in [3.63, 3.8) is 0 Å². The molecule has 0 aromatic carbocycles. The molecular weight excluding hydrogens is 220 g/mol. The van der Waals surface area contributed by atoms with Crippen molar-refractivity contribution in [2.24, 2.45) is 0 Å². The summed E-state index contributed by atoms with van der Waals surface area (Å²) < 4.78 is 0. The van der Waals surface area contributed by atoms with E-state index in [2.05, 4.69) is 15.5 Å². The molecule has 1 rings (SSSR count). The minimum atomic E-state index is -0.451. The molecule has 6 heteroatoms. The Bertz CT molecular complexity index is 387. The van der Waals surface area contributed by atoms with Crippen molar-refractivity contribution in [1.29, 1.82) is 0 Å². The monoisotopic (exact) mass is 240 g/mol. The Hall–Kier alpha value is -1.56. The molecule has 0 aliphatic rings. The van der Waals surface area contributed by atoms with Crippen LogP contribution in [0.3, 0.4) is 0 Å². The predicted molar refractivity (Wildman–Crippen MR) is 65.6 cm³/mol. The highest BCUT2D eigenvalue weighted by Crippen LogP contribution is 2.14. The fourth-order valence-corrected chi connectivity index (χ4v) is 1.69. The second kappa shape index (κ2) is 5.67. The third-order valence-corrected chi connectivity index (χ3v) is 2.52. The average molecular weight is 240 g/mol. The number of hydrogen-bond acceptors (Lipinski definition) is 4. The van der Waals surface area contributed by atoms with Gasteiger partial charge in [0.15, 0.2) is 5.69 Å². The first-order valence-electron chi connectivity index (χ1n) is 5.77. The Morgan fingerprint density at radius 2 is 2.24 bits per heavy atom. The minimum Gasteiger partial charge on any atom is -0.395 e. The molecule has 1 heterocycles. The van der Waals surface area contributed by atoms with Gasteiger partial charge in [0.1, 0.15) is 0 Å². The normalized spacial score (nSPS) is 14.4. The maximum atomic E-state index is 11.8. The fraction of sp³-hybridized carbons (Fsp3) is 0.636. The van der Waals surface area contributed by atoms with Gasteiger partial charge in [-0.15, -0.1) is 0 Å². The van der Waals surface area contributed by atoms with Gasteiger partial charge in [0.2, 0.25) is 0 Å². The van der Waals surface area contributed by atoms with E-state index in [1.165, 1.54) is 0 Å². The molecule has 2 atom stereocenters. The van der Waals surface area contributed by atoms with Crippen LogP contribution in [0.25, 0.3) is 0 Å². The van der Waals surface area contributed by atoms with E-state index >= 15 is 0 Å². The van der Waals surface area contributed by atoms with Gasteiger partial charge in [0.05, 0.1) is 17.5 Å². The van der Waals surface area contributed by atoms with Crippen LogP contribution in [-0.4, -0.2) is 33.4 Å². The van der Waals surface area contributed by atoms with Crippen LogP contribution in [0.5, 0.6) is 0 Å². The first kappa shape index (κ1) is 13.5. The molecule has 2 unspecified atom stereocenters. The van der Waals surface area contributed by atoms with Crippen LogP contribution in [0.1, 0.15) is 43.4 Å². The molecule has 17 heavy (non-hydrogen) atoms. The first-order valence-corrected chi connectivity index (χ1v) is 5.77. The van der Waals surface area contributed by atoms with Crippen LogP contribution >= 0.6 is 0 Å². The van der Waals surface area contributed by atoms with Gasteiger partial charge in [0, 0.05) is 6.04 Å². The smallest absolute Gasteiger partial charge is 0.274 e. The van der Waals surface area contributed by atoms with Gasteiger partial charge in [-0.2, -0.15) is 5.10 Å². The number of aromatic amines is 1. The number of hydrogen-bond donors (Lipinski definition) is 4. The topological polar surface area (TPSA) is 104 Å². The van der Waals surface area contributed by atoms with E-state index in [9.17, 15) is 9.90 Å². The van der Waals surface area contributed by atoms with Gasteiger partial charge in [-0.05, 0) is 26.7 Å². The highest BCUT2D eigenvalue weighted by molar-refractivity contribution is 5.97. The predicted octanol–water partition coefficient (Wildman–Crippen LogP) is 0.443. The number of aliphatic hydroxyl groups is 1. The third kappa shape index (κ3) is 3.45. The van der Waals surface area contributed by atoms with Crippen LogP contribution in [0.2, 0.25) is 0 Å². The Labute approximate surface area is 101 Å². The highest BCUT2D eigenvalue weighted by atomic mass is 16.3. The molecule has 0 saturated carbocycles. The molecular formula is C11H20N4O2. The zero-order valence-corrected chi connectivity index (χ0v) is 10.4. The van der Waals surface area contributed by atoms with Crippen molar-refractivity contribution in [2.45, 2.75) is 45.8 Å². The van der Waals surface area contributed by atoms with Crippen molar-refractivity contribution in [2.75, 3.05) is 5.73 Å². The van der Waals surface area contributed by atoms with E-state index in [-0.39, 0.29) is 17.6 Å². The number of H-pyrrole nitrogens is 1. The van der Waals surface area contributed by atoms with Gasteiger partial charge in [0.25, 0.3) is 5.91 Å². The standard InChI is InChI=1S/C11H20N4O2/c1-4-8-9(12)10(15-14-8)11(17)13-6(2)5-7(3)16/h6-7,16H,4-5,12H2,1-3H3,(H,13,17)(H,14,15). The number of aromatic nitrogens is 2. The van der Waals surface area contributed by atoms with E-state index in [4.69, 9.17) is 5.73 Å². The van der Waals surface area contributed by atoms with E-state index in [0.29, 0.717) is 18.5 Å². The first-order chi connectivity index (χ1) is 7.95. The number of anilines is 1. The number of aryl methyl sites for hydroxylation is 1. The van der Waals surface area contributed by atoms with E-state index in [0.717, 1.165) is 5.69 Å². The summed E-state index contributed by atoms with van der Waals surface area (Å²) in [5.74, 6) is -0.313. The molecule has 1 aromatic heterocycles. The summed E-state index contributed by atoms with van der Waals surface area (Å²) in [7, 11) is 0. The average Bonchev–Trinajstić information content (AvgIpc) is 2.57. The summed E-state index contributed by atoms with van der Waals surface area (Å²) in [6.45, 7) is 5.44. The summed E-state index contributed by atoms with van der Waals surface area (Å²) in [6, 6.07) is -0.122. The summed E-state index contributed by atoms with van der Waals surface area (Å²) in [5, 5.41) is 18.6. The molecule has 0 aliphatic heterocycles. The number of nitrogen functional groups attached to an aromatic ring is 1. The van der Waals surface area contributed by atoms with Gasteiger partial charge in [-0.1, -0.05) is 6.92 Å². The van der Waals surface area contributed by atoms with Crippen molar-refractivity contribution in [3.8, 4) is 0 Å². The number of aliphatic hydroxyl groups excluding tert-OH is 1. The molecule has 5 N–H and O–H groups in total. The molecule has 0 bridgehead atoms. The van der Waals surface area contributed by atoms with Crippen molar-refractivity contribution < 1.29 is 9.90 Å². The number of carbonyl (C=O) groups is 1. The molecule has 0 saturated heterocycles. The summed E-state index contributed by atoms with van der Waals surface area (Å²) in [6.07, 6.45) is 0.750. The highest BCUT2D eigenvalue weighted by Gasteiger charge is 2.18. The summed E-state index contributed by atoms with van der Waals surface area (Å²) in [5.41, 5.74) is 7.17. The van der Waals surface area contributed by atoms with Crippen LogP contribution in [-0.2, 0) is 6.42 Å². The number of amides is 1. The lowest BCUT2D eigenvalue weighted by Gasteiger charge is -2.14. The number of nitrogens with zero attached hydrogens (tertiary/aromatic N) is 1. The molecule has 1 amide bonds. The van der Waals surface area contributed by atoms with E-state index < -0.39 is 6.10 Å². The quantitative estimate of drug-likeness (QED) is 0.599. The third-order valence-electron chi connectivity index (χ3n) is 2.52. The molecule has 1 aromatic rings. The molecule has 0 fully saturated rings. The second-order valence-electron chi connectivity index (χ2n) is 4.28. The fourth-order valence-electron chi connectivity index (χ4n) is 1.69. The van der Waals surface area contributed by atoms with E-state index in [1.807, 2.05) is 13.8 Å². The molecule has 96 valence electrons. The van der Waals surface area contributed by atoms with Gasteiger partial charge in [-0.3, -0.25) is 9.89 Å². The maximum absolute atomic E-state index is 11.8. The SMILES string of the molecule is CCc1[nH]nc(C(=O)NC(C)CC(C)O)c1N. The zero-order valence-electron chi connectivity index (χ0n) is 10.4. The second-order valence-corrected chi connectivity index (χ2v) is 4.28. The largest absolute Gasteiger partial charge is 0.395 e. The molecule has 0 radical (unpaired) electrons. The number of nitrogens with two attached hydrogens (primary N) is 1. The van der Waals surface area contributed by atoms with Gasteiger partial charge in [-0.25, -0.2) is 0 Å². The van der Waals surface area contributed by atoms with Crippen LogP contribution in [0, 0.1) is 0 Å². The van der Waals surface area contributed by atoms with Crippen LogP contribution in [0.4, 0.5) is 5.69 Å². The van der Waals surface area contributed by atoms with Crippen molar-refractivity contribution in [1.82, 2.24) is 15.5 Å². The Morgan fingerprint density at radius 1 is 1.59 bits per heavy atom. The van der Waals surface area contributed by atoms with Gasteiger partial charge >= 0.3 is 0 Å². The molecule has 6 nitrogen and oxygen atoms in total. The Kier molecular flexibility index (Phi) is 4.51. The van der Waals surface area contributed by atoms with Crippen molar-refractivity contribution >= 4 is 11.6 Å². The molecule has 0 aliphatic carbocycles. The summed E-state index contributed by atoms with van der Waals surface area (Å²) >= 11 is 0. The zero-order chi connectivity index (χ0) is 13.0. The number of rotatable bonds is 5.